The molecule has 1 aromatic carbocycles. The minimum absolute atomic E-state index is 0. The van der Waals surface area contributed by atoms with Crippen molar-refractivity contribution >= 4 is 18.3 Å². The van der Waals surface area contributed by atoms with E-state index in [1.807, 2.05) is 13.8 Å². The average molecular weight is 297 g/mol. The fourth-order valence-corrected chi connectivity index (χ4v) is 2.69. The SMILES string of the molecule is CC(C)(N)CNC(=O)CC1CCCc2ccccc21.Cl. The first kappa shape index (κ1) is 17.0. The number of benzene rings is 1. The highest BCUT2D eigenvalue weighted by Crippen LogP contribution is 2.33. The molecule has 0 spiro atoms. The van der Waals surface area contributed by atoms with Crippen LogP contribution in [0.15, 0.2) is 24.3 Å². The molecule has 0 aromatic heterocycles. The van der Waals surface area contributed by atoms with Crippen molar-refractivity contribution in [1.29, 1.82) is 0 Å². The van der Waals surface area contributed by atoms with Crippen LogP contribution in [0.1, 0.15) is 50.2 Å². The molecular weight excluding hydrogens is 272 g/mol. The summed E-state index contributed by atoms with van der Waals surface area (Å²) in [7, 11) is 0. The molecule has 20 heavy (non-hydrogen) atoms. The van der Waals surface area contributed by atoms with Crippen molar-refractivity contribution in [2.45, 2.75) is 51.0 Å². The van der Waals surface area contributed by atoms with Crippen LogP contribution >= 0.6 is 12.4 Å². The first-order valence-electron chi connectivity index (χ1n) is 7.09. The lowest BCUT2D eigenvalue weighted by atomic mass is 9.81. The number of rotatable bonds is 4. The number of hydrogen-bond acceptors (Lipinski definition) is 2. The number of hydrogen-bond donors (Lipinski definition) is 2. The minimum atomic E-state index is -0.347. The Balaban J connectivity index is 0.00000200. The summed E-state index contributed by atoms with van der Waals surface area (Å²) in [6, 6.07) is 8.50. The third kappa shape index (κ3) is 4.80. The largest absolute Gasteiger partial charge is 0.354 e. The number of fused-ring (bicyclic) bond motifs is 1. The Morgan fingerprint density at radius 1 is 1.40 bits per heavy atom. The van der Waals surface area contributed by atoms with E-state index in [9.17, 15) is 4.79 Å². The quantitative estimate of drug-likeness (QED) is 0.897. The Labute approximate surface area is 127 Å². The van der Waals surface area contributed by atoms with Gasteiger partial charge in [-0.3, -0.25) is 4.79 Å². The lowest BCUT2D eigenvalue weighted by molar-refractivity contribution is -0.121. The van der Waals surface area contributed by atoms with Crippen molar-refractivity contribution in [2.75, 3.05) is 6.54 Å². The van der Waals surface area contributed by atoms with E-state index in [2.05, 4.69) is 29.6 Å². The zero-order chi connectivity index (χ0) is 13.9. The minimum Gasteiger partial charge on any atom is -0.354 e. The maximum atomic E-state index is 12.0. The maximum absolute atomic E-state index is 12.0. The fourth-order valence-electron chi connectivity index (χ4n) is 2.69. The van der Waals surface area contributed by atoms with Crippen LogP contribution in [-0.2, 0) is 11.2 Å². The number of nitrogens with one attached hydrogen (secondary N) is 1. The Morgan fingerprint density at radius 2 is 2.10 bits per heavy atom. The zero-order valence-corrected chi connectivity index (χ0v) is 13.1. The standard InChI is InChI=1S/C16H24N2O.ClH/c1-16(2,17)11-18-15(19)10-13-8-5-7-12-6-3-4-9-14(12)13;/h3-4,6,9,13H,5,7-8,10-11,17H2,1-2H3,(H,18,19);1H. The van der Waals surface area contributed by atoms with Crippen molar-refractivity contribution in [3.05, 3.63) is 35.4 Å². The van der Waals surface area contributed by atoms with Gasteiger partial charge in [0, 0.05) is 18.5 Å². The number of carbonyl (C=O) groups excluding carboxylic acids is 1. The molecule has 3 N–H and O–H groups in total. The highest BCUT2D eigenvalue weighted by atomic mass is 35.5. The van der Waals surface area contributed by atoms with Crippen LogP contribution in [0.2, 0.25) is 0 Å². The van der Waals surface area contributed by atoms with E-state index in [0.29, 0.717) is 18.9 Å². The van der Waals surface area contributed by atoms with E-state index in [-0.39, 0.29) is 23.9 Å². The molecule has 112 valence electrons. The molecule has 0 fully saturated rings. The first-order chi connectivity index (χ1) is 8.96. The Hall–Kier alpha value is -1.06. The Bertz CT molecular complexity index is 454. The number of amides is 1. The number of nitrogens with two attached hydrogens (primary N) is 1. The number of aryl methyl sites for hydroxylation is 1. The number of carbonyl (C=O) groups is 1. The summed E-state index contributed by atoms with van der Waals surface area (Å²) in [6.07, 6.45) is 4.00. The summed E-state index contributed by atoms with van der Waals surface area (Å²) in [4.78, 5) is 12.0. The van der Waals surface area contributed by atoms with Gasteiger partial charge in [-0.1, -0.05) is 24.3 Å². The second-order valence-electron chi connectivity index (χ2n) is 6.26. The molecule has 0 bridgehead atoms. The lowest BCUT2D eigenvalue weighted by Crippen LogP contribution is -2.45. The first-order valence-corrected chi connectivity index (χ1v) is 7.09. The van der Waals surface area contributed by atoms with Crippen LogP contribution in [0.5, 0.6) is 0 Å². The van der Waals surface area contributed by atoms with Crippen LogP contribution in [0, 0.1) is 0 Å². The molecule has 2 rings (SSSR count). The molecule has 0 heterocycles. The summed E-state index contributed by atoms with van der Waals surface area (Å²) < 4.78 is 0. The van der Waals surface area contributed by atoms with Crippen molar-refractivity contribution < 1.29 is 4.79 Å². The van der Waals surface area contributed by atoms with E-state index >= 15 is 0 Å². The molecular formula is C16H25ClN2O. The fraction of sp³-hybridized carbons (Fsp3) is 0.562. The van der Waals surface area contributed by atoms with Gasteiger partial charge < -0.3 is 11.1 Å². The average Bonchev–Trinajstić information content (AvgIpc) is 2.36. The monoisotopic (exact) mass is 296 g/mol. The molecule has 1 unspecified atom stereocenters. The van der Waals surface area contributed by atoms with Crippen LogP contribution < -0.4 is 11.1 Å². The van der Waals surface area contributed by atoms with E-state index < -0.39 is 0 Å². The van der Waals surface area contributed by atoms with E-state index in [0.717, 1.165) is 12.8 Å². The van der Waals surface area contributed by atoms with Crippen LogP contribution in [-0.4, -0.2) is 18.0 Å². The Kier molecular flexibility index (Phi) is 6.03. The van der Waals surface area contributed by atoms with Gasteiger partial charge in [0.25, 0.3) is 0 Å². The zero-order valence-electron chi connectivity index (χ0n) is 12.3. The summed E-state index contributed by atoms with van der Waals surface area (Å²) in [5.74, 6) is 0.478. The summed E-state index contributed by atoms with van der Waals surface area (Å²) in [5.41, 5.74) is 8.30. The molecule has 1 atom stereocenters. The molecule has 0 radical (unpaired) electrons. The van der Waals surface area contributed by atoms with Gasteiger partial charge in [0.2, 0.25) is 5.91 Å². The van der Waals surface area contributed by atoms with Gasteiger partial charge in [-0.15, -0.1) is 12.4 Å². The van der Waals surface area contributed by atoms with Crippen LogP contribution in [0.25, 0.3) is 0 Å². The summed E-state index contributed by atoms with van der Waals surface area (Å²) in [5, 5.41) is 2.94. The molecule has 1 amide bonds. The highest BCUT2D eigenvalue weighted by molar-refractivity contribution is 5.85. The van der Waals surface area contributed by atoms with E-state index in [1.165, 1.54) is 17.5 Å². The normalized spacial score (nSPS) is 17.9. The van der Waals surface area contributed by atoms with Gasteiger partial charge in [0.05, 0.1) is 0 Å². The Morgan fingerprint density at radius 3 is 2.80 bits per heavy atom. The van der Waals surface area contributed by atoms with Crippen LogP contribution in [0.3, 0.4) is 0 Å². The van der Waals surface area contributed by atoms with E-state index in [1.54, 1.807) is 0 Å². The molecule has 0 saturated carbocycles. The van der Waals surface area contributed by atoms with Gasteiger partial charge in [-0.05, 0) is 50.2 Å². The molecule has 3 nitrogen and oxygen atoms in total. The van der Waals surface area contributed by atoms with Crippen molar-refractivity contribution in [3.8, 4) is 0 Å². The topological polar surface area (TPSA) is 55.1 Å². The second-order valence-corrected chi connectivity index (χ2v) is 6.26. The van der Waals surface area contributed by atoms with Crippen molar-refractivity contribution in [3.63, 3.8) is 0 Å². The predicted molar refractivity (Wildman–Crippen MR) is 85.3 cm³/mol. The van der Waals surface area contributed by atoms with Gasteiger partial charge >= 0.3 is 0 Å². The van der Waals surface area contributed by atoms with Gasteiger partial charge in [-0.2, -0.15) is 0 Å². The molecule has 1 aliphatic carbocycles. The molecule has 0 saturated heterocycles. The highest BCUT2D eigenvalue weighted by Gasteiger charge is 2.22. The van der Waals surface area contributed by atoms with Gasteiger partial charge in [0.1, 0.15) is 0 Å². The van der Waals surface area contributed by atoms with E-state index in [4.69, 9.17) is 5.73 Å². The number of halogens is 1. The lowest BCUT2D eigenvalue weighted by Gasteiger charge is -2.26. The molecule has 0 aliphatic heterocycles. The predicted octanol–water partition coefficient (Wildman–Crippen LogP) is 2.77. The summed E-state index contributed by atoms with van der Waals surface area (Å²) >= 11 is 0. The summed E-state index contributed by atoms with van der Waals surface area (Å²) in [6.45, 7) is 4.37. The third-order valence-electron chi connectivity index (χ3n) is 3.67. The second kappa shape index (κ2) is 7.09. The van der Waals surface area contributed by atoms with Crippen LogP contribution in [0.4, 0.5) is 0 Å². The molecule has 1 aromatic rings. The maximum Gasteiger partial charge on any atom is 0.220 e. The smallest absolute Gasteiger partial charge is 0.220 e. The molecule has 1 aliphatic rings. The van der Waals surface area contributed by atoms with Gasteiger partial charge in [0.15, 0.2) is 0 Å². The van der Waals surface area contributed by atoms with Gasteiger partial charge in [-0.25, -0.2) is 0 Å². The van der Waals surface area contributed by atoms with Crippen molar-refractivity contribution in [1.82, 2.24) is 5.32 Å². The van der Waals surface area contributed by atoms with Crippen molar-refractivity contribution in [2.24, 2.45) is 5.73 Å². The molecule has 4 heteroatoms. The third-order valence-corrected chi connectivity index (χ3v) is 3.67.